The van der Waals surface area contributed by atoms with Gasteiger partial charge in [-0.05, 0) is 30.7 Å². The number of nitrogens with one attached hydrogen (secondary N) is 1. The summed E-state index contributed by atoms with van der Waals surface area (Å²) in [6.07, 6.45) is 1.16. The number of hydrazone groups is 1. The highest BCUT2D eigenvalue weighted by Gasteiger charge is 2.16. The zero-order valence-corrected chi connectivity index (χ0v) is 15.0. The van der Waals surface area contributed by atoms with Crippen LogP contribution in [0.4, 0.5) is 5.69 Å². The zero-order valence-electron chi connectivity index (χ0n) is 13.4. The van der Waals surface area contributed by atoms with Gasteiger partial charge in [-0.3, -0.25) is 10.1 Å². The molecule has 26 heavy (non-hydrogen) atoms. The summed E-state index contributed by atoms with van der Waals surface area (Å²) in [5.74, 6) is -0.106. The van der Waals surface area contributed by atoms with Gasteiger partial charge >= 0.3 is 0 Å². The van der Waals surface area contributed by atoms with E-state index in [9.17, 15) is 23.6 Å². The van der Waals surface area contributed by atoms with Gasteiger partial charge in [0.1, 0.15) is 0 Å². The summed E-state index contributed by atoms with van der Waals surface area (Å²) in [6.45, 7) is 2.02. The van der Waals surface area contributed by atoms with Crippen LogP contribution in [0.1, 0.15) is 12.5 Å². The highest BCUT2D eigenvalue weighted by molar-refractivity contribution is 7.89. The second-order valence-electron chi connectivity index (χ2n) is 4.89. The molecule has 138 valence electrons. The lowest BCUT2D eigenvalue weighted by atomic mass is 10.2. The number of halogens is 1. The van der Waals surface area contributed by atoms with Crippen molar-refractivity contribution in [3.63, 3.8) is 0 Å². The maximum absolute atomic E-state index is 12.1. The van der Waals surface area contributed by atoms with Gasteiger partial charge in [0, 0.05) is 12.1 Å². The smallest absolute Gasteiger partial charge is 0.276 e. The Bertz CT molecular complexity index is 962. The molecule has 0 aromatic heterocycles. The van der Waals surface area contributed by atoms with E-state index in [1.165, 1.54) is 30.3 Å². The third-order valence-electron chi connectivity index (χ3n) is 3.08. The number of phenols is 1. The van der Waals surface area contributed by atoms with Crippen LogP contribution < -0.4 is 9.57 Å². The van der Waals surface area contributed by atoms with Crippen LogP contribution >= 0.6 is 11.6 Å². The monoisotopic (exact) mass is 399 g/mol. The van der Waals surface area contributed by atoms with Gasteiger partial charge in [-0.15, -0.1) is 0 Å². The molecule has 0 atom stereocenters. The quantitative estimate of drug-likeness (QED) is 0.418. The number of benzene rings is 2. The molecule has 2 N–H and O–H groups in total. The van der Waals surface area contributed by atoms with Crippen molar-refractivity contribution in [2.24, 2.45) is 5.10 Å². The number of rotatable bonds is 7. The van der Waals surface area contributed by atoms with E-state index in [0.29, 0.717) is 12.2 Å². The summed E-state index contributed by atoms with van der Waals surface area (Å²) in [7, 11) is -4.09. The fraction of sp³-hybridized carbons (Fsp3) is 0.133. The largest absolute Gasteiger partial charge is 0.503 e. The first-order valence-electron chi connectivity index (χ1n) is 7.19. The molecule has 2 rings (SSSR count). The van der Waals surface area contributed by atoms with Gasteiger partial charge in [-0.2, -0.15) is 13.5 Å². The normalized spacial score (nSPS) is 11.5. The predicted octanol–water partition coefficient (Wildman–Crippen LogP) is 2.66. The summed E-state index contributed by atoms with van der Waals surface area (Å²) >= 11 is 5.87. The SMILES string of the molecule is CCOc1cc(/C=N/NS(=O)(=O)c2cccc([N+](=O)[O-])c2)cc(Cl)c1O. The van der Waals surface area contributed by atoms with Crippen molar-refractivity contribution in [3.8, 4) is 11.5 Å². The fourth-order valence-electron chi connectivity index (χ4n) is 1.92. The summed E-state index contributed by atoms with van der Waals surface area (Å²) < 4.78 is 29.5. The number of nitro benzene ring substituents is 1. The van der Waals surface area contributed by atoms with E-state index in [2.05, 4.69) is 5.10 Å². The van der Waals surface area contributed by atoms with Gasteiger partial charge in [0.15, 0.2) is 11.5 Å². The Morgan fingerprint density at radius 1 is 1.38 bits per heavy atom. The minimum Gasteiger partial charge on any atom is -0.503 e. The van der Waals surface area contributed by atoms with Crippen molar-refractivity contribution in [3.05, 3.63) is 57.1 Å². The van der Waals surface area contributed by atoms with Gasteiger partial charge in [0.05, 0.1) is 27.7 Å². The lowest BCUT2D eigenvalue weighted by molar-refractivity contribution is -0.385. The molecule has 0 radical (unpaired) electrons. The van der Waals surface area contributed by atoms with E-state index < -0.39 is 14.9 Å². The number of non-ortho nitro benzene ring substituents is 1. The van der Waals surface area contributed by atoms with Crippen molar-refractivity contribution in [1.82, 2.24) is 4.83 Å². The molecule has 0 aliphatic heterocycles. The minimum atomic E-state index is -4.09. The first-order valence-corrected chi connectivity index (χ1v) is 9.05. The molecule has 0 saturated carbocycles. The molecule has 0 spiro atoms. The van der Waals surface area contributed by atoms with Crippen molar-refractivity contribution in [2.45, 2.75) is 11.8 Å². The van der Waals surface area contributed by atoms with Gasteiger partial charge in [0.2, 0.25) is 0 Å². The Labute approximate surface area is 154 Å². The zero-order chi connectivity index (χ0) is 19.3. The molecule has 2 aromatic carbocycles. The van der Waals surface area contributed by atoms with Crippen LogP contribution in [0.25, 0.3) is 0 Å². The number of ether oxygens (including phenoxy) is 1. The second-order valence-corrected chi connectivity index (χ2v) is 6.96. The third kappa shape index (κ3) is 4.61. The van der Waals surface area contributed by atoms with E-state index >= 15 is 0 Å². The van der Waals surface area contributed by atoms with E-state index in [-0.39, 0.29) is 27.1 Å². The van der Waals surface area contributed by atoms with Crippen LogP contribution in [0.5, 0.6) is 11.5 Å². The van der Waals surface area contributed by atoms with Crippen LogP contribution in [-0.2, 0) is 10.0 Å². The average molecular weight is 400 g/mol. The molecule has 0 saturated heterocycles. The predicted molar refractivity (Wildman–Crippen MR) is 95.3 cm³/mol. The third-order valence-corrected chi connectivity index (χ3v) is 4.58. The first-order chi connectivity index (χ1) is 12.2. The highest BCUT2D eigenvalue weighted by Crippen LogP contribution is 2.34. The molecule has 0 heterocycles. The first kappa shape index (κ1) is 19.5. The number of phenolic OH excluding ortho intramolecular Hbond substituents is 1. The topological polar surface area (TPSA) is 131 Å². The summed E-state index contributed by atoms with van der Waals surface area (Å²) in [5, 5.41) is 24.1. The molecule has 11 heteroatoms. The number of sulfonamides is 1. The molecule has 0 aliphatic carbocycles. The van der Waals surface area contributed by atoms with Crippen molar-refractivity contribution < 1.29 is 23.2 Å². The lowest BCUT2D eigenvalue weighted by Gasteiger charge is -2.08. The molecule has 0 fully saturated rings. The average Bonchev–Trinajstić information content (AvgIpc) is 2.59. The van der Waals surface area contributed by atoms with Gasteiger partial charge < -0.3 is 9.84 Å². The fourth-order valence-corrected chi connectivity index (χ4v) is 2.97. The van der Waals surface area contributed by atoms with Gasteiger partial charge in [-0.1, -0.05) is 17.7 Å². The van der Waals surface area contributed by atoms with Crippen LogP contribution in [0, 0.1) is 10.1 Å². The molecule has 0 bridgehead atoms. The van der Waals surface area contributed by atoms with E-state index in [1.54, 1.807) is 6.92 Å². The standard InChI is InChI=1S/C15H14ClN3O6S/c1-2-25-14-7-10(6-13(16)15(14)20)9-17-18-26(23,24)12-5-3-4-11(8-12)19(21)22/h3-9,18,20H,2H2,1H3/b17-9+. The van der Waals surface area contributed by atoms with Crippen LogP contribution in [-0.4, -0.2) is 31.3 Å². The van der Waals surface area contributed by atoms with E-state index in [1.807, 2.05) is 4.83 Å². The maximum Gasteiger partial charge on any atom is 0.276 e. The maximum atomic E-state index is 12.1. The molecular formula is C15H14ClN3O6S. The van der Waals surface area contributed by atoms with Crippen LogP contribution in [0.3, 0.4) is 0 Å². The molecule has 0 aliphatic rings. The van der Waals surface area contributed by atoms with Crippen molar-refractivity contribution in [1.29, 1.82) is 0 Å². The summed E-state index contributed by atoms with van der Waals surface area (Å²) in [4.78, 5) is 11.7. The second kappa shape index (κ2) is 8.02. The summed E-state index contributed by atoms with van der Waals surface area (Å²) in [5.41, 5.74) is 0.0153. The molecule has 0 amide bonds. The van der Waals surface area contributed by atoms with E-state index in [0.717, 1.165) is 12.3 Å². The number of nitro groups is 1. The number of aromatic hydroxyl groups is 1. The van der Waals surface area contributed by atoms with E-state index in [4.69, 9.17) is 16.3 Å². The molecular weight excluding hydrogens is 386 g/mol. The highest BCUT2D eigenvalue weighted by atomic mass is 35.5. The molecule has 0 unspecified atom stereocenters. The lowest BCUT2D eigenvalue weighted by Crippen LogP contribution is -2.18. The van der Waals surface area contributed by atoms with Crippen molar-refractivity contribution >= 4 is 33.5 Å². The Kier molecular flexibility index (Phi) is 6.01. The number of hydrogen-bond acceptors (Lipinski definition) is 7. The van der Waals surface area contributed by atoms with Gasteiger partial charge in [-0.25, -0.2) is 4.83 Å². The molecule has 9 nitrogen and oxygen atoms in total. The molecule has 2 aromatic rings. The Balaban J connectivity index is 2.22. The Hall–Kier alpha value is -2.85. The van der Waals surface area contributed by atoms with Crippen LogP contribution in [0.15, 0.2) is 46.4 Å². The minimum absolute atomic E-state index is 0.0129. The number of hydrogen-bond donors (Lipinski definition) is 2. The summed E-state index contributed by atoms with van der Waals surface area (Å²) in [6, 6.07) is 7.35. The Morgan fingerprint density at radius 2 is 2.12 bits per heavy atom. The number of nitrogens with zero attached hydrogens (tertiary/aromatic N) is 2. The van der Waals surface area contributed by atoms with Gasteiger partial charge in [0.25, 0.3) is 15.7 Å². The van der Waals surface area contributed by atoms with Crippen LogP contribution in [0.2, 0.25) is 5.02 Å². The van der Waals surface area contributed by atoms with Crippen molar-refractivity contribution in [2.75, 3.05) is 6.61 Å². The Morgan fingerprint density at radius 3 is 2.77 bits per heavy atom.